The summed E-state index contributed by atoms with van der Waals surface area (Å²) >= 11 is 0. The normalized spacial score (nSPS) is 16.7. The van der Waals surface area contributed by atoms with Crippen LogP contribution in [-0.4, -0.2) is 64.0 Å². The molecular formula is C31H47N3O4. The summed E-state index contributed by atoms with van der Waals surface area (Å²) in [5.74, 6) is 0.813. The maximum Gasteiger partial charge on any atom is 0.243 e. The van der Waals surface area contributed by atoms with Crippen molar-refractivity contribution in [2.24, 2.45) is 5.41 Å². The second-order valence-corrected chi connectivity index (χ2v) is 11.3. The lowest BCUT2D eigenvalue weighted by Crippen LogP contribution is -2.38. The molecule has 3 rings (SSSR count). The molecule has 1 aliphatic rings. The molecular weight excluding hydrogens is 478 g/mol. The molecule has 7 nitrogen and oxygen atoms in total. The van der Waals surface area contributed by atoms with Crippen LogP contribution < -0.4 is 15.5 Å². The van der Waals surface area contributed by atoms with Gasteiger partial charge < -0.3 is 19.7 Å². The first-order chi connectivity index (χ1) is 18.3. The van der Waals surface area contributed by atoms with E-state index in [4.69, 9.17) is 14.3 Å². The first kappa shape index (κ1) is 30.1. The van der Waals surface area contributed by atoms with E-state index in [0.717, 1.165) is 69.3 Å². The fourth-order valence-electron chi connectivity index (χ4n) is 4.87. The summed E-state index contributed by atoms with van der Waals surface area (Å²) in [5.41, 5.74) is 3.94. The predicted octanol–water partition coefficient (Wildman–Crippen LogP) is 5.46. The summed E-state index contributed by atoms with van der Waals surface area (Å²) in [6.07, 6.45) is 7.98. The Morgan fingerprint density at radius 2 is 1.95 bits per heavy atom. The number of rotatable bonds is 16. The van der Waals surface area contributed by atoms with Gasteiger partial charge in [0.2, 0.25) is 5.91 Å². The fraction of sp³-hybridized carbons (Fsp3) is 0.581. The molecule has 0 aromatic heterocycles. The SMILES string of the molecule is CN(C)CC(C)(C)CNC/C(=C\CCCCC(=O)NOC1CCCCO1)COc1cccc2ccccc12. The number of hydrogen-bond acceptors (Lipinski definition) is 6. The molecule has 1 unspecified atom stereocenters. The van der Waals surface area contributed by atoms with Crippen molar-refractivity contribution in [3.63, 3.8) is 0 Å². The second kappa shape index (κ2) is 15.8. The van der Waals surface area contributed by atoms with Crippen molar-refractivity contribution in [2.45, 2.75) is 65.1 Å². The third kappa shape index (κ3) is 11.1. The van der Waals surface area contributed by atoms with Crippen LogP contribution >= 0.6 is 0 Å². The monoisotopic (exact) mass is 525 g/mol. The van der Waals surface area contributed by atoms with Crippen molar-refractivity contribution in [2.75, 3.05) is 46.9 Å². The van der Waals surface area contributed by atoms with Gasteiger partial charge in [0.05, 0.1) is 0 Å². The number of nitrogens with zero attached hydrogens (tertiary/aromatic N) is 1. The Morgan fingerprint density at radius 3 is 2.74 bits per heavy atom. The summed E-state index contributed by atoms with van der Waals surface area (Å²) in [6.45, 7) is 8.51. The predicted molar refractivity (Wildman–Crippen MR) is 154 cm³/mol. The molecule has 0 aliphatic carbocycles. The van der Waals surface area contributed by atoms with Crippen LogP contribution in [0.1, 0.15) is 58.8 Å². The lowest BCUT2D eigenvalue weighted by atomic mass is 9.93. The highest BCUT2D eigenvalue weighted by Crippen LogP contribution is 2.25. The zero-order chi connectivity index (χ0) is 27.2. The van der Waals surface area contributed by atoms with E-state index in [-0.39, 0.29) is 17.6 Å². The summed E-state index contributed by atoms with van der Waals surface area (Å²) in [5, 5.41) is 5.95. The molecule has 0 bridgehead atoms. The molecule has 1 saturated heterocycles. The van der Waals surface area contributed by atoms with Crippen molar-refractivity contribution in [3.8, 4) is 5.75 Å². The van der Waals surface area contributed by atoms with Gasteiger partial charge in [-0.1, -0.05) is 56.3 Å². The van der Waals surface area contributed by atoms with Gasteiger partial charge in [-0.05, 0) is 68.6 Å². The average Bonchev–Trinajstić information content (AvgIpc) is 2.89. The smallest absolute Gasteiger partial charge is 0.243 e. The Bertz CT molecular complexity index is 1010. The number of allylic oxidation sites excluding steroid dienone is 1. The minimum atomic E-state index is -0.310. The van der Waals surface area contributed by atoms with E-state index in [9.17, 15) is 4.79 Å². The number of nitrogens with one attached hydrogen (secondary N) is 2. The van der Waals surface area contributed by atoms with E-state index >= 15 is 0 Å². The third-order valence-corrected chi connectivity index (χ3v) is 6.60. The van der Waals surface area contributed by atoms with Crippen molar-refractivity contribution < 1.29 is 19.1 Å². The van der Waals surface area contributed by atoms with Gasteiger partial charge >= 0.3 is 0 Å². The zero-order valence-electron chi connectivity index (χ0n) is 23.8. The Labute approximate surface area is 228 Å². The Morgan fingerprint density at radius 1 is 1.13 bits per heavy atom. The highest BCUT2D eigenvalue weighted by Gasteiger charge is 2.18. The molecule has 1 atom stereocenters. The third-order valence-electron chi connectivity index (χ3n) is 6.60. The quantitative estimate of drug-likeness (QED) is 0.172. The van der Waals surface area contributed by atoms with Gasteiger partial charge in [-0.2, -0.15) is 0 Å². The van der Waals surface area contributed by atoms with Gasteiger partial charge in [-0.15, -0.1) is 0 Å². The van der Waals surface area contributed by atoms with Crippen LogP contribution in [0, 0.1) is 5.41 Å². The molecule has 38 heavy (non-hydrogen) atoms. The molecule has 2 N–H and O–H groups in total. The maximum absolute atomic E-state index is 12.1. The largest absolute Gasteiger partial charge is 0.489 e. The summed E-state index contributed by atoms with van der Waals surface area (Å²) in [4.78, 5) is 19.7. The van der Waals surface area contributed by atoms with E-state index in [1.54, 1.807) is 0 Å². The van der Waals surface area contributed by atoms with Gasteiger partial charge in [0.1, 0.15) is 12.4 Å². The molecule has 1 fully saturated rings. The van der Waals surface area contributed by atoms with Crippen molar-refractivity contribution in [3.05, 3.63) is 54.1 Å². The van der Waals surface area contributed by atoms with Crippen LogP contribution in [0.5, 0.6) is 5.75 Å². The fourth-order valence-corrected chi connectivity index (χ4v) is 4.87. The lowest BCUT2D eigenvalue weighted by molar-refractivity contribution is -0.200. The van der Waals surface area contributed by atoms with E-state index in [1.165, 1.54) is 11.0 Å². The number of hydrogen-bond donors (Lipinski definition) is 2. The van der Waals surface area contributed by atoms with Gasteiger partial charge in [-0.3, -0.25) is 4.79 Å². The van der Waals surface area contributed by atoms with Gasteiger partial charge in [0, 0.05) is 44.5 Å². The first-order valence-corrected chi connectivity index (χ1v) is 14.0. The van der Waals surface area contributed by atoms with E-state index in [1.807, 2.05) is 24.3 Å². The van der Waals surface area contributed by atoms with Crippen LogP contribution in [0.3, 0.4) is 0 Å². The molecule has 2 aromatic carbocycles. The van der Waals surface area contributed by atoms with Gasteiger partial charge in [0.25, 0.3) is 0 Å². The lowest BCUT2D eigenvalue weighted by Gasteiger charge is -2.28. The van der Waals surface area contributed by atoms with Gasteiger partial charge in [-0.25, -0.2) is 10.3 Å². The molecule has 210 valence electrons. The molecule has 2 aromatic rings. The topological polar surface area (TPSA) is 72.1 Å². The van der Waals surface area contributed by atoms with E-state index < -0.39 is 0 Å². The highest BCUT2D eigenvalue weighted by molar-refractivity contribution is 5.88. The van der Waals surface area contributed by atoms with Crippen LogP contribution in [-0.2, 0) is 14.4 Å². The molecule has 1 aliphatic heterocycles. The average molecular weight is 526 g/mol. The first-order valence-electron chi connectivity index (χ1n) is 14.0. The second-order valence-electron chi connectivity index (χ2n) is 11.3. The van der Waals surface area contributed by atoms with E-state index in [2.05, 4.69) is 67.9 Å². The van der Waals surface area contributed by atoms with Crippen molar-refractivity contribution >= 4 is 16.7 Å². The number of hydroxylamine groups is 1. The van der Waals surface area contributed by atoms with E-state index in [0.29, 0.717) is 19.6 Å². The summed E-state index contributed by atoms with van der Waals surface area (Å²) < 4.78 is 11.8. The number of carbonyl (C=O) groups excluding carboxylic acids is 1. The summed E-state index contributed by atoms with van der Waals surface area (Å²) in [6, 6.07) is 14.5. The highest BCUT2D eigenvalue weighted by atomic mass is 16.8. The van der Waals surface area contributed by atoms with Crippen molar-refractivity contribution in [1.82, 2.24) is 15.7 Å². The standard InChI is InChI=1S/C31H47N3O4/c1-31(2,24-34(3)4)23-32-21-25(22-37-28-17-12-15-26-14-8-9-16-27(26)28)13-6-5-7-18-29(35)33-38-30-19-10-11-20-36-30/h8-9,12-17,30,32H,5-7,10-11,18-24H2,1-4H3,(H,33,35)/b25-13+. The van der Waals surface area contributed by atoms with Crippen LogP contribution in [0.2, 0.25) is 0 Å². The Kier molecular flexibility index (Phi) is 12.5. The Balaban J connectivity index is 1.48. The molecule has 0 radical (unpaired) electrons. The number of carbonyl (C=O) groups is 1. The summed E-state index contributed by atoms with van der Waals surface area (Å²) in [7, 11) is 4.22. The number of amides is 1. The van der Waals surface area contributed by atoms with Crippen LogP contribution in [0.4, 0.5) is 0 Å². The number of ether oxygens (including phenoxy) is 2. The minimum absolute atomic E-state index is 0.0903. The Hall–Kier alpha value is -2.45. The minimum Gasteiger partial charge on any atom is -0.489 e. The number of fused-ring (bicyclic) bond motifs is 1. The molecule has 1 heterocycles. The number of unbranched alkanes of at least 4 members (excludes halogenated alkanes) is 2. The molecule has 1 amide bonds. The van der Waals surface area contributed by atoms with Crippen LogP contribution in [0.25, 0.3) is 10.8 Å². The molecule has 7 heteroatoms. The molecule has 0 saturated carbocycles. The number of benzene rings is 2. The van der Waals surface area contributed by atoms with Crippen molar-refractivity contribution in [1.29, 1.82) is 0 Å². The maximum atomic E-state index is 12.1. The van der Waals surface area contributed by atoms with Gasteiger partial charge in [0.15, 0.2) is 6.29 Å². The molecule has 0 spiro atoms. The zero-order valence-corrected chi connectivity index (χ0v) is 23.8. The van der Waals surface area contributed by atoms with Crippen LogP contribution in [0.15, 0.2) is 54.1 Å².